The van der Waals surface area contributed by atoms with Crippen molar-refractivity contribution in [2.45, 2.75) is 13.0 Å². The molecule has 1 unspecified atom stereocenters. The summed E-state index contributed by atoms with van der Waals surface area (Å²) in [6.45, 7) is 1.53. The molecule has 2 aromatic carbocycles. The molecule has 0 aliphatic rings. The number of halogens is 3. The zero-order chi connectivity index (χ0) is 13.3. The number of aliphatic hydroxyl groups is 1. The Kier molecular flexibility index (Phi) is 3.78. The highest BCUT2D eigenvalue weighted by Gasteiger charge is 2.16. The second-order valence-electron chi connectivity index (χ2n) is 4.08. The normalized spacial score (nSPS) is 12.5. The molecule has 18 heavy (non-hydrogen) atoms. The van der Waals surface area contributed by atoms with Crippen LogP contribution in [0.2, 0.25) is 0 Å². The van der Waals surface area contributed by atoms with E-state index in [4.69, 9.17) is 0 Å². The quantitative estimate of drug-likeness (QED) is 0.884. The van der Waals surface area contributed by atoms with Crippen molar-refractivity contribution in [3.63, 3.8) is 0 Å². The smallest absolute Gasteiger partial charge is 0.132 e. The van der Waals surface area contributed by atoms with Gasteiger partial charge in [-0.2, -0.15) is 0 Å². The van der Waals surface area contributed by atoms with Crippen molar-refractivity contribution in [1.29, 1.82) is 0 Å². The summed E-state index contributed by atoms with van der Waals surface area (Å²) in [5.41, 5.74) is 0.946. The van der Waals surface area contributed by atoms with Gasteiger partial charge < -0.3 is 5.11 Å². The Morgan fingerprint density at radius 1 is 1.06 bits per heavy atom. The number of hydrogen-bond donors (Lipinski definition) is 1. The maximum absolute atomic E-state index is 13.6. The second kappa shape index (κ2) is 5.16. The van der Waals surface area contributed by atoms with E-state index < -0.39 is 17.7 Å². The summed E-state index contributed by atoms with van der Waals surface area (Å²) in [5, 5.41) is 10.1. The van der Waals surface area contributed by atoms with E-state index in [0.29, 0.717) is 11.1 Å². The van der Waals surface area contributed by atoms with Gasteiger partial charge >= 0.3 is 0 Å². The Labute approximate surface area is 112 Å². The summed E-state index contributed by atoms with van der Waals surface area (Å²) in [6, 6.07) is 9.02. The van der Waals surface area contributed by atoms with Gasteiger partial charge in [0.05, 0.1) is 0 Å². The molecule has 0 heterocycles. The molecular weight excluding hydrogens is 302 g/mol. The summed E-state index contributed by atoms with van der Waals surface area (Å²) >= 11 is 3.28. The van der Waals surface area contributed by atoms with Gasteiger partial charge in [0, 0.05) is 16.1 Å². The number of hydrogen-bond acceptors (Lipinski definition) is 1. The van der Waals surface area contributed by atoms with Crippen molar-refractivity contribution in [2.75, 3.05) is 0 Å². The van der Waals surface area contributed by atoms with Gasteiger partial charge in [0.2, 0.25) is 0 Å². The maximum Gasteiger partial charge on any atom is 0.132 e. The lowest BCUT2D eigenvalue weighted by Gasteiger charge is -2.13. The first-order valence-electron chi connectivity index (χ1n) is 5.38. The van der Waals surface area contributed by atoms with Crippen LogP contribution in [0.3, 0.4) is 0 Å². The molecule has 2 aromatic rings. The molecule has 0 aliphatic carbocycles. The van der Waals surface area contributed by atoms with Gasteiger partial charge in [0.25, 0.3) is 0 Å². The molecule has 0 amide bonds. The first-order valence-corrected chi connectivity index (χ1v) is 6.17. The fraction of sp³-hybridized carbons (Fsp3) is 0.143. The van der Waals surface area contributed by atoms with E-state index in [9.17, 15) is 13.9 Å². The summed E-state index contributed by atoms with van der Waals surface area (Å²) in [7, 11) is 0. The molecule has 0 radical (unpaired) electrons. The molecule has 2 rings (SSSR count). The monoisotopic (exact) mass is 312 g/mol. The highest BCUT2D eigenvalue weighted by Crippen LogP contribution is 2.27. The van der Waals surface area contributed by atoms with Gasteiger partial charge in [-0.3, -0.25) is 0 Å². The largest absolute Gasteiger partial charge is 0.384 e. The first kappa shape index (κ1) is 13.2. The molecule has 0 aliphatic heterocycles. The zero-order valence-electron chi connectivity index (χ0n) is 9.62. The molecule has 0 aromatic heterocycles. The van der Waals surface area contributed by atoms with Crippen LogP contribution in [0.25, 0.3) is 0 Å². The fourth-order valence-electron chi connectivity index (χ4n) is 1.71. The lowest BCUT2D eigenvalue weighted by molar-refractivity contribution is 0.214. The van der Waals surface area contributed by atoms with E-state index in [0.717, 1.165) is 10.5 Å². The van der Waals surface area contributed by atoms with E-state index in [1.165, 1.54) is 13.0 Å². The number of aryl methyl sites for hydroxylation is 1. The van der Waals surface area contributed by atoms with Gasteiger partial charge in [-0.25, -0.2) is 8.78 Å². The maximum atomic E-state index is 13.6. The fourth-order valence-corrected chi connectivity index (χ4v) is 1.98. The Morgan fingerprint density at radius 3 is 2.28 bits per heavy atom. The van der Waals surface area contributed by atoms with E-state index in [2.05, 4.69) is 15.9 Å². The van der Waals surface area contributed by atoms with Crippen molar-refractivity contribution in [1.82, 2.24) is 0 Å². The molecule has 4 heteroatoms. The third kappa shape index (κ3) is 2.60. The lowest BCUT2D eigenvalue weighted by atomic mass is 9.99. The molecular formula is C14H11BrF2O. The Hall–Kier alpha value is -1.26. The van der Waals surface area contributed by atoms with Crippen LogP contribution >= 0.6 is 15.9 Å². The molecule has 0 bridgehead atoms. The minimum Gasteiger partial charge on any atom is -0.384 e. The molecule has 0 saturated carbocycles. The predicted octanol–water partition coefficient (Wildman–Crippen LogP) is 4.12. The van der Waals surface area contributed by atoms with Gasteiger partial charge in [0.1, 0.15) is 17.7 Å². The van der Waals surface area contributed by atoms with Crippen molar-refractivity contribution in [2.24, 2.45) is 0 Å². The van der Waals surface area contributed by atoms with Gasteiger partial charge in [-0.15, -0.1) is 0 Å². The first-order chi connectivity index (χ1) is 8.49. The molecule has 94 valence electrons. The molecule has 1 nitrogen and oxygen atoms in total. The molecule has 0 spiro atoms. The van der Waals surface area contributed by atoms with Crippen LogP contribution in [-0.4, -0.2) is 5.11 Å². The summed E-state index contributed by atoms with van der Waals surface area (Å²) in [4.78, 5) is 0. The minimum absolute atomic E-state index is 0.0798. The van der Waals surface area contributed by atoms with Crippen LogP contribution in [0.15, 0.2) is 40.9 Å². The van der Waals surface area contributed by atoms with Gasteiger partial charge in [-0.05, 0) is 36.2 Å². The van der Waals surface area contributed by atoms with Crippen LogP contribution in [0.5, 0.6) is 0 Å². The van der Waals surface area contributed by atoms with Crippen LogP contribution in [-0.2, 0) is 0 Å². The SMILES string of the molecule is Cc1cc(C(O)c2ccc(Br)cc2)c(F)cc1F. The van der Waals surface area contributed by atoms with Crippen molar-refractivity contribution in [3.05, 3.63) is 69.2 Å². The summed E-state index contributed by atoms with van der Waals surface area (Å²) < 4.78 is 27.7. The van der Waals surface area contributed by atoms with Crippen LogP contribution in [0.4, 0.5) is 8.78 Å². The van der Waals surface area contributed by atoms with Gasteiger partial charge in [-0.1, -0.05) is 28.1 Å². The minimum atomic E-state index is -1.10. The summed E-state index contributed by atoms with van der Waals surface area (Å²) in [6.07, 6.45) is -1.10. The Morgan fingerprint density at radius 2 is 1.67 bits per heavy atom. The van der Waals surface area contributed by atoms with Crippen molar-refractivity contribution in [3.8, 4) is 0 Å². The summed E-state index contributed by atoms with van der Waals surface area (Å²) in [5.74, 6) is -1.35. The average Bonchev–Trinajstić information content (AvgIpc) is 2.34. The average molecular weight is 313 g/mol. The topological polar surface area (TPSA) is 20.2 Å². The third-order valence-corrected chi connectivity index (χ3v) is 3.29. The third-order valence-electron chi connectivity index (χ3n) is 2.76. The van der Waals surface area contributed by atoms with Crippen LogP contribution in [0, 0.1) is 18.6 Å². The predicted molar refractivity (Wildman–Crippen MR) is 69.3 cm³/mol. The number of aliphatic hydroxyl groups excluding tert-OH is 1. The van der Waals surface area contributed by atoms with E-state index in [1.807, 2.05) is 0 Å². The Balaban J connectivity index is 2.42. The molecule has 1 atom stereocenters. The molecule has 0 fully saturated rings. The van der Waals surface area contributed by atoms with Crippen molar-refractivity contribution < 1.29 is 13.9 Å². The van der Waals surface area contributed by atoms with E-state index in [-0.39, 0.29) is 5.56 Å². The standard InChI is InChI=1S/C14H11BrF2O/c1-8-6-11(13(17)7-12(8)16)14(18)9-2-4-10(15)5-3-9/h2-7,14,18H,1H3. The highest BCUT2D eigenvalue weighted by molar-refractivity contribution is 9.10. The van der Waals surface area contributed by atoms with Gasteiger partial charge in [0.15, 0.2) is 0 Å². The number of benzene rings is 2. The van der Waals surface area contributed by atoms with Crippen molar-refractivity contribution >= 4 is 15.9 Å². The molecule has 1 N–H and O–H groups in total. The van der Waals surface area contributed by atoms with Crippen LogP contribution in [0.1, 0.15) is 22.8 Å². The molecule has 0 saturated heterocycles. The van der Waals surface area contributed by atoms with E-state index in [1.54, 1.807) is 24.3 Å². The lowest BCUT2D eigenvalue weighted by Crippen LogP contribution is -2.04. The second-order valence-corrected chi connectivity index (χ2v) is 4.99. The van der Waals surface area contributed by atoms with E-state index >= 15 is 0 Å². The zero-order valence-corrected chi connectivity index (χ0v) is 11.2. The Bertz CT molecular complexity index is 567. The number of rotatable bonds is 2. The highest BCUT2D eigenvalue weighted by atomic mass is 79.9. The van der Waals surface area contributed by atoms with Crippen LogP contribution < -0.4 is 0 Å².